The molecular weight excluding hydrogens is 592 g/mol. The molecule has 2 aromatic heterocycles. The fraction of sp³-hybridized carbons (Fsp3) is 0.459. The number of H-pyrrole nitrogens is 2. The largest absolute Gasteiger partial charge is 0.446 e. The van der Waals surface area contributed by atoms with E-state index in [1.807, 2.05) is 44.9 Å². The first-order valence-corrected chi connectivity index (χ1v) is 16.9. The molecule has 3 atom stereocenters. The van der Waals surface area contributed by atoms with Crippen LogP contribution < -0.4 is 0 Å². The number of nitrogens with one attached hydrogen (secondary N) is 2. The number of aromatic amines is 2. The van der Waals surface area contributed by atoms with Crippen LogP contribution in [0.5, 0.6) is 0 Å². The zero-order valence-electron chi connectivity index (χ0n) is 28.1. The maximum atomic E-state index is 12.9. The van der Waals surface area contributed by atoms with Gasteiger partial charge in [-0.2, -0.15) is 0 Å². The molecule has 1 unspecified atom stereocenters. The van der Waals surface area contributed by atoms with E-state index in [4.69, 9.17) is 14.5 Å². The average Bonchev–Trinajstić information content (AvgIpc) is 3.85. The Balaban J connectivity index is 1.10. The lowest BCUT2D eigenvalue weighted by Crippen LogP contribution is -2.36. The highest BCUT2D eigenvalue weighted by atomic mass is 16.6. The van der Waals surface area contributed by atoms with Gasteiger partial charge in [-0.1, -0.05) is 55.8 Å². The topological polar surface area (TPSA) is 116 Å². The van der Waals surface area contributed by atoms with Crippen LogP contribution in [0, 0.1) is 0 Å². The lowest BCUT2D eigenvalue weighted by atomic mass is 10.1. The van der Waals surface area contributed by atoms with Crippen LogP contribution in [0.2, 0.25) is 0 Å². The van der Waals surface area contributed by atoms with Crippen molar-refractivity contribution in [3.63, 3.8) is 0 Å². The summed E-state index contributed by atoms with van der Waals surface area (Å²) in [6, 6.07) is 14.3. The molecule has 47 heavy (non-hydrogen) atoms. The van der Waals surface area contributed by atoms with Gasteiger partial charge in [-0.3, -0.25) is 9.80 Å². The van der Waals surface area contributed by atoms with Crippen LogP contribution in [0.15, 0.2) is 48.7 Å². The summed E-state index contributed by atoms with van der Waals surface area (Å²) in [6.45, 7) is 11.0. The summed E-state index contributed by atoms with van der Waals surface area (Å²) in [4.78, 5) is 45.6. The van der Waals surface area contributed by atoms with Gasteiger partial charge >= 0.3 is 12.2 Å². The Kier molecular flexibility index (Phi) is 9.38. The molecular formula is C37H46N6O4. The molecule has 2 N–H and O–H groups in total. The minimum absolute atomic E-state index is 0.0892. The SMILES string of the molecule is CCCC(C)OC(=O)N1CCC[C@H]1c1nc2ccc(/C=C/c3ccc(-c4cnc([C@@H]5CCCN5C(=O)OC(C)(C)C)[nH]4)cc3)cc2[nH]1. The normalized spacial score (nSPS) is 19.2. The van der Waals surface area contributed by atoms with E-state index in [0.29, 0.717) is 13.1 Å². The number of rotatable bonds is 8. The number of ether oxygens (including phenoxy) is 2. The van der Waals surface area contributed by atoms with Crippen LogP contribution >= 0.6 is 0 Å². The number of nitrogens with zero attached hydrogens (tertiary/aromatic N) is 4. The van der Waals surface area contributed by atoms with Crippen molar-refractivity contribution >= 4 is 35.4 Å². The lowest BCUT2D eigenvalue weighted by molar-refractivity contribution is 0.0218. The second kappa shape index (κ2) is 13.6. The van der Waals surface area contributed by atoms with Crippen molar-refractivity contribution in [1.82, 2.24) is 29.7 Å². The molecule has 0 radical (unpaired) electrons. The summed E-state index contributed by atoms with van der Waals surface area (Å²) in [5.41, 5.74) is 5.36. The fourth-order valence-corrected chi connectivity index (χ4v) is 6.49. The van der Waals surface area contributed by atoms with Gasteiger partial charge in [0.2, 0.25) is 0 Å². The van der Waals surface area contributed by atoms with Gasteiger partial charge in [0, 0.05) is 13.1 Å². The number of fused-ring (bicyclic) bond motifs is 1. The summed E-state index contributed by atoms with van der Waals surface area (Å²) in [5.74, 6) is 1.59. The molecule has 2 amide bonds. The number of amides is 2. The van der Waals surface area contributed by atoms with Crippen molar-refractivity contribution in [3.8, 4) is 11.3 Å². The lowest BCUT2D eigenvalue weighted by Gasteiger charge is -2.27. The molecule has 2 aliphatic rings. The van der Waals surface area contributed by atoms with Crippen molar-refractivity contribution < 1.29 is 19.1 Å². The molecule has 10 nitrogen and oxygen atoms in total. The summed E-state index contributed by atoms with van der Waals surface area (Å²) in [7, 11) is 0. The Morgan fingerprint density at radius 2 is 1.60 bits per heavy atom. The van der Waals surface area contributed by atoms with Gasteiger partial charge in [0.1, 0.15) is 23.4 Å². The summed E-state index contributed by atoms with van der Waals surface area (Å²) in [6.07, 6.45) is 10.8. The van der Waals surface area contributed by atoms with E-state index >= 15 is 0 Å². The van der Waals surface area contributed by atoms with Crippen molar-refractivity contribution in [2.24, 2.45) is 0 Å². The number of imidazole rings is 2. The second-order valence-corrected chi connectivity index (χ2v) is 13.7. The van der Waals surface area contributed by atoms with Gasteiger partial charge in [0.15, 0.2) is 0 Å². The van der Waals surface area contributed by atoms with Gasteiger partial charge in [0.25, 0.3) is 0 Å². The Labute approximate surface area is 276 Å². The Hall–Kier alpha value is -4.60. The number of hydrogen-bond donors (Lipinski definition) is 2. The van der Waals surface area contributed by atoms with Crippen LogP contribution in [0.4, 0.5) is 9.59 Å². The van der Waals surface area contributed by atoms with E-state index in [1.54, 1.807) is 4.90 Å². The summed E-state index contributed by atoms with van der Waals surface area (Å²) >= 11 is 0. The van der Waals surface area contributed by atoms with Crippen molar-refractivity contribution in [2.75, 3.05) is 13.1 Å². The van der Waals surface area contributed by atoms with Crippen molar-refractivity contribution in [1.29, 1.82) is 0 Å². The third kappa shape index (κ3) is 7.53. The summed E-state index contributed by atoms with van der Waals surface area (Å²) in [5, 5.41) is 0. The molecule has 2 saturated heterocycles. The minimum atomic E-state index is -0.535. The number of likely N-dealkylation sites (tertiary alicyclic amines) is 2. The first-order valence-electron chi connectivity index (χ1n) is 16.9. The molecule has 2 fully saturated rings. The van der Waals surface area contributed by atoms with Crippen molar-refractivity contribution in [3.05, 3.63) is 71.4 Å². The highest BCUT2D eigenvalue weighted by Crippen LogP contribution is 2.34. The fourth-order valence-electron chi connectivity index (χ4n) is 6.49. The van der Waals surface area contributed by atoms with Gasteiger partial charge in [-0.15, -0.1) is 0 Å². The molecule has 0 saturated carbocycles. The van der Waals surface area contributed by atoms with E-state index < -0.39 is 5.60 Å². The summed E-state index contributed by atoms with van der Waals surface area (Å²) < 4.78 is 11.3. The highest BCUT2D eigenvalue weighted by molar-refractivity contribution is 5.81. The van der Waals surface area contributed by atoms with E-state index in [2.05, 4.69) is 70.4 Å². The molecule has 248 valence electrons. The molecule has 10 heteroatoms. The number of benzene rings is 2. The quantitative estimate of drug-likeness (QED) is 0.187. The van der Waals surface area contributed by atoms with Crippen LogP contribution in [0.25, 0.3) is 34.4 Å². The monoisotopic (exact) mass is 638 g/mol. The molecule has 0 bridgehead atoms. The molecule has 0 aliphatic carbocycles. The minimum Gasteiger partial charge on any atom is -0.446 e. The highest BCUT2D eigenvalue weighted by Gasteiger charge is 2.35. The molecule has 4 aromatic rings. The molecule has 0 spiro atoms. The van der Waals surface area contributed by atoms with E-state index in [9.17, 15) is 9.59 Å². The Morgan fingerprint density at radius 1 is 0.936 bits per heavy atom. The Morgan fingerprint density at radius 3 is 2.30 bits per heavy atom. The van der Waals surface area contributed by atoms with E-state index in [-0.39, 0.29) is 30.4 Å². The smallest absolute Gasteiger partial charge is 0.410 e. The van der Waals surface area contributed by atoms with Crippen LogP contribution in [0.1, 0.15) is 108 Å². The predicted octanol–water partition coefficient (Wildman–Crippen LogP) is 8.66. The van der Waals surface area contributed by atoms with Gasteiger partial charge in [-0.25, -0.2) is 19.6 Å². The third-order valence-electron chi connectivity index (χ3n) is 8.81. The average molecular weight is 639 g/mol. The second-order valence-electron chi connectivity index (χ2n) is 13.7. The zero-order chi connectivity index (χ0) is 33.1. The number of carbonyl (C=O) groups is 2. The van der Waals surface area contributed by atoms with Gasteiger partial charge < -0.3 is 19.4 Å². The number of carbonyl (C=O) groups excluding carboxylic acids is 2. The Bertz CT molecular complexity index is 1730. The molecule has 4 heterocycles. The predicted molar refractivity (Wildman–Crippen MR) is 183 cm³/mol. The number of hydrogen-bond acceptors (Lipinski definition) is 6. The molecule has 2 aliphatic heterocycles. The van der Waals surface area contributed by atoms with Crippen LogP contribution in [-0.4, -0.2) is 66.7 Å². The maximum absolute atomic E-state index is 12.9. The van der Waals surface area contributed by atoms with Crippen LogP contribution in [-0.2, 0) is 9.47 Å². The first kappa shape index (κ1) is 32.3. The van der Waals surface area contributed by atoms with Crippen molar-refractivity contribution in [2.45, 2.75) is 96.9 Å². The molecule has 6 rings (SSSR count). The van der Waals surface area contributed by atoms with Crippen LogP contribution in [0.3, 0.4) is 0 Å². The molecule has 2 aromatic carbocycles. The zero-order valence-corrected chi connectivity index (χ0v) is 28.1. The maximum Gasteiger partial charge on any atom is 0.410 e. The van der Waals surface area contributed by atoms with E-state index in [0.717, 1.165) is 83.6 Å². The van der Waals surface area contributed by atoms with Gasteiger partial charge in [-0.05, 0) is 88.6 Å². The first-order chi connectivity index (χ1) is 22.6. The van der Waals surface area contributed by atoms with E-state index in [1.165, 1.54) is 0 Å². The third-order valence-corrected chi connectivity index (χ3v) is 8.81. The van der Waals surface area contributed by atoms with Gasteiger partial charge in [0.05, 0.1) is 35.0 Å². The standard InChI is InChI=1S/C37H46N6O4/c1-6-9-24(2)46-35(44)42-20-8-11-32(42)34-39-28-19-16-26(22-29(28)40-34)13-12-25-14-17-27(18-15-25)30-23-38-33(41-30)31-10-7-21-43(31)36(45)47-37(3,4)5/h12-19,22-24,31-32H,6-11,20-21H2,1-5H3,(H,38,41)(H,39,40)/b13-12+/t24?,31-,32-/m0/s1. The number of aromatic nitrogens is 4.